The first-order valence-electron chi connectivity index (χ1n) is 4.49. The van der Waals surface area contributed by atoms with Crippen LogP contribution in [0.5, 0.6) is 5.75 Å². The molecule has 1 rings (SSSR count). The van der Waals surface area contributed by atoms with Crippen molar-refractivity contribution < 1.29 is 24.9 Å². The number of phenolic OH excluding ortho intramolecular Hbond substituents is 1. The van der Waals surface area contributed by atoms with E-state index in [4.69, 9.17) is 10.2 Å². The van der Waals surface area contributed by atoms with Gasteiger partial charge in [0.2, 0.25) is 0 Å². The minimum absolute atomic E-state index is 0.0279. The largest absolute Gasteiger partial charge is 0.507 e. The molecule has 1 amide bonds. The van der Waals surface area contributed by atoms with Crippen molar-refractivity contribution in [3.8, 4) is 5.75 Å². The minimum Gasteiger partial charge on any atom is -0.507 e. The molecule has 0 unspecified atom stereocenters. The number of aliphatic hydroxyl groups is 1. The van der Waals surface area contributed by atoms with Gasteiger partial charge in [0.15, 0.2) is 6.10 Å². The summed E-state index contributed by atoms with van der Waals surface area (Å²) in [5, 5.41) is 28.8. The maximum atomic E-state index is 11.4. The van der Waals surface area contributed by atoms with Gasteiger partial charge in [0.05, 0.1) is 12.1 Å². The van der Waals surface area contributed by atoms with E-state index < -0.39 is 24.5 Å². The summed E-state index contributed by atoms with van der Waals surface area (Å²) in [5.74, 6) is -2.26. The number of amides is 1. The van der Waals surface area contributed by atoms with Crippen LogP contribution < -0.4 is 5.32 Å². The molecule has 0 bridgehead atoms. The highest BCUT2D eigenvalue weighted by molar-refractivity contribution is 5.96. The average Bonchev–Trinajstić information content (AvgIpc) is 2.25. The molecule has 6 nitrogen and oxygen atoms in total. The maximum absolute atomic E-state index is 11.4. The lowest BCUT2D eigenvalue weighted by Gasteiger charge is -2.08. The SMILES string of the molecule is O=C(NC[C@H](O)C(=O)O)c1ccccc1O. The maximum Gasteiger partial charge on any atom is 0.334 e. The highest BCUT2D eigenvalue weighted by Crippen LogP contribution is 2.14. The zero-order valence-electron chi connectivity index (χ0n) is 8.25. The Hall–Kier alpha value is -2.08. The van der Waals surface area contributed by atoms with Crippen molar-refractivity contribution in [2.45, 2.75) is 6.10 Å². The zero-order valence-corrected chi connectivity index (χ0v) is 8.25. The van der Waals surface area contributed by atoms with Gasteiger partial charge in [0.25, 0.3) is 5.91 Å². The van der Waals surface area contributed by atoms with Crippen LogP contribution in [0.2, 0.25) is 0 Å². The second-order valence-electron chi connectivity index (χ2n) is 3.08. The Labute approximate surface area is 91.1 Å². The Kier molecular flexibility index (Phi) is 3.84. The molecule has 1 aromatic rings. The normalized spacial score (nSPS) is 11.8. The van der Waals surface area contributed by atoms with Gasteiger partial charge in [-0.1, -0.05) is 12.1 Å². The van der Waals surface area contributed by atoms with Crippen LogP contribution in [0.25, 0.3) is 0 Å². The van der Waals surface area contributed by atoms with Gasteiger partial charge in [-0.15, -0.1) is 0 Å². The fourth-order valence-electron chi connectivity index (χ4n) is 1.04. The van der Waals surface area contributed by atoms with Gasteiger partial charge < -0.3 is 20.6 Å². The minimum atomic E-state index is -1.66. The number of carboxylic acids is 1. The number of carbonyl (C=O) groups is 2. The molecule has 0 heterocycles. The number of aliphatic carboxylic acids is 1. The van der Waals surface area contributed by atoms with Gasteiger partial charge in [0, 0.05) is 0 Å². The van der Waals surface area contributed by atoms with E-state index in [2.05, 4.69) is 5.32 Å². The van der Waals surface area contributed by atoms with Crippen LogP contribution in [-0.2, 0) is 4.79 Å². The molecular formula is C10H11NO5. The molecule has 6 heteroatoms. The quantitative estimate of drug-likeness (QED) is 0.556. The van der Waals surface area contributed by atoms with Crippen molar-refractivity contribution >= 4 is 11.9 Å². The number of aliphatic hydroxyl groups excluding tert-OH is 1. The first kappa shape index (κ1) is 12.0. The smallest absolute Gasteiger partial charge is 0.334 e. The predicted molar refractivity (Wildman–Crippen MR) is 54.1 cm³/mol. The third-order valence-electron chi connectivity index (χ3n) is 1.89. The lowest BCUT2D eigenvalue weighted by atomic mass is 10.2. The summed E-state index contributed by atoms with van der Waals surface area (Å²) in [6, 6.07) is 5.83. The average molecular weight is 225 g/mol. The molecule has 0 radical (unpaired) electrons. The van der Waals surface area contributed by atoms with Gasteiger partial charge in [-0.2, -0.15) is 0 Å². The lowest BCUT2D eigenvalue weighted by molar-refractivity contribution is -0.146. The monoisotopic (exact) mass is 225 g/mol. The molecule has 1 atom stereocenters. The van der Waals surface area contributed by atoms with E-state index in [1.807, 2.05) is 0 Å². The van der Waals surface area contributed by atoms with Gasteiger partial charge in [-0.25, -0.2) is 4.79 Å². The first-order chi connectivity index (χ1) is 7.52. The van der Waals surface area contributed by atoms with E-state index in [1.165, 1.54) is 12.1 Å². The molecule has 1 aromatic carbocycles. The Balaban J connectivity index is 2.60. The van der Waals surface area contributed by atoms with E-state index in [0.29, 0.717) is 0 Å². The van der Waals surface area contributed by atoms with Crippen molar-refractivity contribution in [3.05, 3.63) is 29.8 Å². The van der Waals surface area contributed by atoms with Crippen molar-refractivity contribution in [1.82, 2.24) is 5.32 Å². The Morgan fingerprint density at radius 2 is 1.94 bits per heavy atom. The number of carbonyl (C=O) groups excluding carboxylic acids is 1. The number of rotatable bonds is 4. The summed E-state index contributed by atoms with van der Waals surface area (Å²) in [7, 11) is 0. The molecule has 0 saturated heterocycles. The molecular weight excluding hydrogens is 214 g/mol. The summed E-state index contributed by atoms with van der Waals surface area (Å²) >= 11 is 0. The van der Waals surface area contributed by atoms with Crippen LogP contribution in [0.3, 0.4) is 0 Å². The van der Waals surface area contributed by atoms with E-state index in [1.54, 1.807) is 12.1 Å². The Bertz CT molecular complexity index is 404. The number of benzene rings is 1. The first-order valence-corrected chi connectivity index (χ1v) is 4.49. The third-order valence-corrected chi connectivity index (χ3v) is 1.89. The van der Waals surface area contributed by atoms with E-state index >= 15 is 0 Å². The molecule has 0 aliphatic carbocycles. The third kappa shape index (κ3) is 2.96. The Morgan fingerprint density at radius 1 is 1.31 bits per heavy atom. The fourth-order valence-corrected chi connectivity index (χ4v) is 1.04. The van der Waals surface area contributed by atoms with Crippen molar-refractivity contribution in [3.63, 3.8) is 0 Å². The number of nitrogens with one attached hydrogen (secondary N) is 1. The second-order valence-corrected chi connectivity index (χ2v) is 3.08. The van der Waals surface area contributed by atoms with Crippen molar-refractivity contribution in [2.24, 2.45) is 0 Å². The molecule has 0 aliphatic heterocycles. The van der Waals surface area contributed by atoms with Crippen LogP contribution in [0.15, 0.2) is 24.3 Å². The fraction of sp³-hybridized carbons (Fsp3) is 0.200. The van der Waals surface area contributed by atoms with E-state index in [0.717, 1.165) is 0 Å². The van der Waals surface area contributed by atoms with Gasteiger partial charge in [-0.05, 0) is 12.1 Å². The van der Waals surface area contributed by atoms with Crippen LogP contribution in [-0.4, -0.2) is 39.8 Å². The Morgan fingerprint density at radius 3 is 2.50 bits per heavy atom. The molecule has 0 aliphatic rings. The topological polar surface area (TPSA) is 107 Å². The van der Waals surface area contributed by atoms with E-state index in [9.17, 15) is 14.7 Å². The van der Waals surface area contributed by atoms with Crippen LogP contribution in [0, 0.1) is 0 Å². The van der Waals surface area contributed by atoms with Crippen LogP contribution in [0.4, 0.5) is 0 Å². The summed E-state index contributed by atoms with van der Waals surface area (Å²) in [6.07, 6.45) is -1.66. The van der Waals surface area contributed by atoms with Gasteiger partial charge in [-0.3, -0.25) is 4.79 Å². The van der Waals surface area contributed by atoms with Crippen molar-refractivity contribution in [1.29, 1.82) is 0 Å². The second kappa shape index (κ2) is 5.13. The van der Waals surface area contributed by atoms with Crippen molar-refractivity contribution in [2.75, 3.05) is 6.54 Å². The van der Waals surface area contributed by atoms with Gasteiger partial charge >= 0.3 is 5.97 Å². The number of hydrogen-bond acceptors (Lipinski definition) is 4. The van der Waals surface area contributed by atoms with E-state index in [-0.39, 0.29) is 11.3 Å². The molecule has 0 spiro atoms. The standard InChI is InChI=1S/C10H11NO5/c12-7-4-2-1-3-6(7)9(14)11-5-8(13)10(15)16/h1-4,8,12-13H,5H2,(H,11,14)(H,15,16)/t8-/m0/s1. The summed E-state index contributed by atoms with van der Waals surface area (Å²) in [5.41, 5.74) is 0.0279. The predicted octanol–water partition coefficient (Wildman–Crippen LogP) is -0.433. The summed E-state index contributed by atoms with van der Waals surface area (Å²) in [4.78, 5) is 21.7. The molecule has 4 N–H and O–H groups in total. The number of aromatic hydroxyl groups is 1. The molecule has 0 aromatic heterocycles. The molecule has 0 saturated carbocycles. The summed E-state index contributed by atoms with van der Waals surface area (Å²) in [6.45, 7) is -0.414. The molecule has 86 valence electrons. The van der Waals surface area contributed by atoms with Crippen LogP contribution in [0.1, 0.15) is 10.4 Å². The number of phenols is 1. The highest BCUT2D eigenvalue weighted by atomic mass is 16.4. The number of hydrogen-bond donors (Lipinski definition) is 4. The molecule has 0 fully saturated rings. The van der Waals surface area contributed by atoms with Gasteiger partial charge in [0.1, 0.15) is 5.75 Å². The number of para-hydroxylation sites is 1. The molecule has 16 heavy (non-hydrogen) atoms. The zero-order chi connectivity index (χ0) is 12.1. The van der Waals surface area contributed by atoms with Crippen LogP contribution >= 0.6 is 0 Å². The number of carboxylic acid groups (broad SMARTS) is 1. The lowest BCUT2D eigenvalue weighted by Crippen LogP contribution is -2.36. The summed E-state index contributed by atoms with van der Waals surface area (Å²) < 4.78 is 0. The highest BCUT2D eigenvalue weighted by Gasteiger charge is 2.16.